The molecule has 0 saturated heterocycles. The van der Waals surface area contributed by atoms with Crippen molar-refractivity contribution in [3.05, 3.63) is 50.4 Å². The summed E-state index contributed by atoms with van der Waals surface area (Å²) in [5.74, 6) is 0. The molecule has 0 bridgehead atoms. The smallest absolute Gasteiger partial charge is 0.144 e. The molecule has 0 radical (unpaired) electrons. The van der Waals surface area contributed by atoms with Crippen LogP contribution in [0.5, 0.6) is 0 Å². The molecule has 0 unspecified atom stereocenters. The summed E-state index contributed by atoms with van der Waals surface area (Å²) in [4.78, 5) is 5.28. The Morgan fingerprint density at radius 1 is 1.35 bits per heavy atom. The summed E-state index contributed by atoms with van der Waals surface area (Å²) in [7, 11) is 0. The highest BCUT2D eigenvalue weighted by molar-refractivity contribution is 9.11. The number of pyridine rings is 1. The van der Waals surface area contributed by atoms with Crippen LogP contribution in [0.1, 0.15) is 16.1 Å². The minimum atomic E-state index is 0.493. The van der Waals surface area contributed by atoms with E-state index in [0.717, 1.165) is 15.9 Å². The number of halogens is 1. The van der Waals surface area contributed by atoms with Crippen LogP contribution in [-0.4, -0.2) is 4.98 Å². The molecule has 0 spiro atoms. The molecular weight excluding hydrogens is 298 g/mol. The van der Waals surface area contributed by atoms with Gasteiger partial charge in [-0.1, -0.05) is 6.07 Å². The standard InChI is InChI=1S/C12H10BrN3S/c13-12-4-3-10(17-12)8-15-7-9-2-1-5-16-11(9)6-14/h1-5,15H,7-8H2. The quantitative estimate of drug-likeness (QED) is 0.944. The van der Waals surface area contributed by atoms with Crippen molar-refractivity contribution in [3.63, 3.8) is 0 Å². The summed E-state index contributed by atoms with van der Waals surface area (Å²) in [6, 6.07) is 9.97. The van der Waals surface area contributed by atoms with Crippen molar-refractivity contribution in [1.82, 2.24) is 10.3 Å². The lowest BCUT2D eigenvalue weighted by atomic mass is 10.2. The molecule has 2 aromatic heterocycles. The lowest BCUT2D eigenvalue weighted by Crippen LogP contribution is -2.13. The van der Waals surface area contributed by atoms with Gasteiger partial charge in [-0.15, -0.1) is 11.3 Å². The zero-order valence-electron chi connectivity index (χ0n) is 8.98. The maximum Gasteiger partial charge on any atom is 0.144 e. The topological polar surface area (TPSA) is 48.7 Å². The zero-order valence-corrected chi connectivity index (χ0v) is 11.4. The van der Waals surface area contributed by atoms with E-state index >= 15 is 0 Å². The largest absolute Gasteiger partial charge is 0.308 e. The minimum absolute atomic E-state index is 0.493. The van der Waals surface area contributed by atoms with E-state index in [1.54, 1.807) is 17.5 Å². The van der Waals surface area contributed by atoms with Crippen molar-refractivity contribution in [2.75, 3.05) is 0 Å². The van der Waals surface area contributed by atoms with Gasteiger partial charge < -0.3 is 5.32 Å². The molecule has 0 aromatic carbocycles. The fraction of sp³-hybridized carbons (Fsp3) is 0.167. The molecule has 86 valence electrons. The Hall–Kier alpha value is -1.22. The highest BCUT2D eigenvalue weighted by atomic mass is 79.9. The van der Waals surface area contributed by atoms with Crippen LogP contribution in [0.4, 0.5) is 0 Å². The highest BCUT2D eigenvalue weighted by Gasteiger charge is 2.02. The Morgan fingerprint density at radius 3 is 2.94 bits per heavy atom. The Morgan fingerprint density at radius 2 is 2.24 bits per heavy atom. The van der Waals surface area contributed by atoms with Crippen molar-refractivity contribution in [2.24, 2.45) is 0 Å². The van der Waals surface area contributed by atoms with Crippen LogP contribution >= 0.6 is 27.3 Å². The van der Waals surface area contributed by atoms with Crippen molar-refractivity contribution >= 4 is 27.3 Å². The number of aromatic nitrogens is 1. The molecule has 2 rings (SSSR count). The van der Waals surface area contributed by atoms with Gasteiger partial charge in [0.2, 0.25) is 0 Å². The van der Waals surface area contributed by atoms with E-state index in [1.807, 2.05) is 18.2 Å². The SMILES string of the molecule is N#Cc1ncccc1CNCc1ccc(Br)s1. The summed E-state index contributed by atoms with van der Waals surface area (Å²) >= 11 is 5.14. The van der Waals surface area contributed by atoms with Crippen LogP contribution in [0.15, 0.2) is 34.2 Å². The molecule has 17 heavy (non-hydrogen) atoms. The normalized spacial score (nSPS) is 10.1. The number of thiophene rings is 1. The Labute approximate surface area is 112 Å². The predicted molar refractivity (Wildman–Crippen MR) is 71.5 cm³/mol. The average Bonchev–Trinajstić information content (AvgIpc) is 2.76. The van der Waals surface area contributed by atoms with E-state index < -0.39 is 0 Å². The molecule has 0 amide bonds. The van der Waals surface area contributed by atoms with Gasteiger partial charge in [0.25, 0.3) is 0 Å². The summed E-state index contributed by atoms with van der Waals surface area (Å²) in [6.07, 6.45) is 1.64. The molecule has 0 aliphatic rings. The van der Waals surface area contributed by atoms with Gasteiger partial charge in [-0.2, -0.15) is 5.26 Å². The average molecular weight is 308 g/mol. The second-order valence-electron chi connectivity index (χ2n) is 3.43. The van der Waals surface area contributed by atoms with Gasteiger partial charge in [0.05, 0.1) is 3.79 Å². The summed E-state index contributed by atoms with van der Waals surface area (Å²) in [6.45, 7) is 1.46. The predicted octanol–water partition coefficient (Wildman–Crippen LogP) is 3.07. The van der Waals surface area contributed by atoms with E-state index in [9.17, 15) is 0 Å². The first-order valence-electron chi connectivity index (χ1n) is 5.08. The maximum absolute atomic E-state index is 8.89. The lowest BCUT2D eigenvalue weighted by Gasteiger charge is -2.04. The van der Waals surface area contributed by atoms with Gasteiger partial charge in [-0.25, -0.2) is 4.98 Å². The first-order valence-corrected chi connectivity index (χ1v) is 6.69. The van der Waals surface area contributed by atoms with Gasteiger partial charge in [0.15, 0.2) is 0 Å². The maximum atomic E-state index is 8.89. The summed E-state index contributed by atoms with van der Waals surface area (Å²) < 4.78 is 1.13. The second kappa shape index (κ2) is 5.92. The van der Waals surface area contributed by atoms with Crippen LogP contribution in [0, 0.1) is 11.3 Å². The summed E-state index contributed by atoms with van der Waals surface area (Å²) in [5, 5.41) is 12.2. The first kappa shape index (κ1) is 12.2. The van der Waals surface area contributed by atoms with Crippen molar-refractivity contribution < 1.29 is 0 Å². The highest BCUT2D eigenvalue weighted by Crippen LogP contribution is 2.21. The van der Waals surface area contributed by atoms with E-state index in [1.165, 1.54) is 4.88 Å². The van der Waals surface area contributed by atoms with Gasteiger partial charge in [0, 0.05) is 29.7 Å². The Kier molecular flexibility index (Phi) is 4.26. The molecule has 1 N–H and O–H groups in total. The molecule has 3 nitrogen and oxygen atoms in total. The zero-order chi connectivity index (χ0) is 12.1. The number of hydrogen-bond acceptors (Lipinski definition) is 4. The van der Waals surface area contributed by atoms with E-state index in [-0.39, 0.29) is 0 Å². The van der Waals surface area contributed by atoms with E-state index in [0.29, 0.717) is 12.2 Å². The Balaban J connectivity index is 1.92. The molecule has 5 heteroatoms. The first-order chi connectivity index (χ1) is 8.29. The fourth-order valence-electron chi connectivity index (χ4n) is 1.45. The third-order valence-electron chi connectivity index (χ3n) is 2.24. The monoisotopic (exact) mass is 307 g/mol. The van der Waals surface area contributed by atoms with Gasteiger partial charge >= 0.3 is 0 Å². The minimum Gasteiger partial charge on any atom is -0.308 e. The molecular formula is C12H10BrN3S. The molecule has 2 heterocycles. The number of rotatable bonds is 4. The van der Waals surface area contributed by atoms with Gasteiger partial charge in [0.1, 0.15) is 11.8 Å². The molecule has 0 saturated carbocycles. The van der Waals surface area contributed by atoms with Crippen LogP contribution in [0.3, 0.4) is 0 Å². The molecule has 2 aromatic rings. The molecule has 0 aliphatic heterocycles. The van der Waals surface area contributed by atoms with Crippen molar-refractivity contribution in [3.8, 4) is 6.07 Å². The number of hydrogen-bond donors (Lipinski definition) is 1. The Bertz CT molecular complexity index is 545. The second-order valence-corrected chi connectivity index (χ2v) is 5.98. The molecule has 0 atom stereocenters. The van der Waals surface area contributed by atoms with Crippen molar-refractivity contribution in [2.45, 2.75) is 13.1 Å². The lowest BCUT2D eigenvalue weighted by molar-refractivity contribution is 0.697. The third-order valence-corrected chi connectivity index (χ3v) is 3.86. The number of nitrogens with one attached hydrogen (secondary N) is 1. The van der Waals surface area contributed by atoms with Crippen LogP contribution in [0.25, 0.3) is 0 Å². The van der Waals surface area contributed by atoms with Crippen LogP contribution < -0.4 is 5.32 Å². The van der Waals surface area contributed by atoms with E-state index in [4.69, 9.17) is 5.26 Å². The van der Waals surface area contributed by atoms with Crippen LogP contribution in [-0.2, 0) is 13.1 Å². The van der Waals surface area contributed by atoms with E-state index in [2.05, 4.69) is 38.4 Å². The van der Waals surface area contributed by atoms with Crippen molar-refractivity contribution in [1.29, 1.82) is 5.26 Å². The van der Waals surface area contributed by atoms with Gasteiger partial charge in [-0.3, -0.25) is 0 Å². The summed E-state index contributed by atoms with van der Waals surface area (Å²) in [5.41, 5.74) is 1.43. The molecule has 0 fully saturated rings. The van der Waals surface area contributed by atoms with Crippen LogP contribution in [0.2, 0.25) is 0 Å². The number of nitriles is 1. The fourth-order valence-corrected chi connectivity index (χ4v) is 2.90. The van der Waals surface area contributed by atoms with Gasteiger partial charge in [-0.05, 0) is 34.1 Å². The molecule has 0 aliphatic carbocycles. The third kappa shape index (κ3) is 3.37. The number of nitrogens with zero attached hydrogens (tertiary/aromatic N) is 2.